The van der Waals surface area contributed by atoms with E-state index in [0.29, 0.717) is 12.6 Å². The van der Waals surface area contributed by atoms with Crippen LogP contribution in [0.15, 0.2) is 24.3 Å². The highest BCUT2D eigenvalue weighted by molar-refractivity contribution is 5.95. The van der Waals surface area contributed by atoms with Crippen LogP contribution in [-0.4, -0.2) is 49.2 Å². The summed E-state index contributed by atoms with van der Waals surface area (Å²) in [6.07, 6.45) is 2.65. The van der Waals surface area contributed by atoms with E-state index in [0.717, 1.165) is 24.3 Å². The van der Waals surface area contributed by atoms with E-state index in [-0.39, 0.29) is 12.0 Å². The Morgan fingerprint density at radius 1 is 1.45 bits per heavy atom. The molecular weight excluding hydrogens is 252 g/mol. The summed E-state index contributed by atoms with van der Waals surface area (Å²) >= 11 is 0. The van der Waals surface area contributed by atoms with Crippen molar-refractivity contribution < 1.29 is 9.53 Å². The first-order valence-corrected chi connectivity index (χ1v) is 7.43. The third-order valence-electron chi connectivity index (χ3n) is 4.34. The number of hydrogen-bond acceptors (Lipinski definition) is 3. The van der Waals surface area contributed by atoms with Crippen molar-refractivity contribution >= 4 is 5.91 Å². The maximum Gasteiger partial charge on any atom is 0.251 e. The standard InChI is InChI=1S/C16H22N2O2/c1-12-5-2-3-7-15(12)16(19)17-9-14-10-18-8-4-6-13(18)11-20-14/h2-3,5,7,13-14H,4,6,8-11H2,1H3,(H,17,19)/t13-,14+/m0/s1. The molecule has 0 unspecified atom stereocenters. The molecule has 0 aliphatic carbocycles. The van der Waals surface area contributed by atoms with E-state index in [1.807, 2.05) is 31.2 Å². The SMILES string of the molecule is Cc1ccccc1C(=O)NC[C@@H]1CN2CCC[C@H]2CO1. The van der Waals surface area contributed by atoms with Crippen molar-refractivity contribution in [3.63, 3.8) is 0 Å². The fourth-order valence-electron chi connectivity index (χ4n) is 3.14. The molecule has 2 aliphatic heterocycles. The van der Waals surface area contributed by atoms with Gasteiger partial charge < -0.3 is 10.1 Å². The molecule has 4 heteroatoms. The minimum absolute atomic E-state index is 0.00440. The van der Waals surface area contributed by atoms with Crippen molar-refractivity contribution in [3.05, 3.63) is 35.4 Å². The molecule has 4 nitrogen and oxygen atoms in total. The number of ether oxygens (including phenoxy) is 1. The molecule has 2 atom stereocenters. The zero-order valence-corrected chi connectivity index (χ0v) is 12.0. The molecule has 2 fully saturated rings. The van der Waals surface area contributed by atoms with Gasteiger partial charge in [-0.3, -0.25) is 9.69 Å². The van der Waals surface area contributed by atoms with E-state index in [2.05, 4.69) is 10.2 Å². The third-order valence-corrected chi connectivity index (χ3v) is 4.34. The molecule has 3 rings (SSSR count). The highest BCUT2D eigenvalue weighted by atomic mass is 16.5. The lowest BCUT2D eigenvalue weighted by Crippen LogP contribution is -2.50. The lowest BCUT2D eigenvalue weighted by atomic mass is 10.1. The highest BCUT2D eigenvalue weighted by Crippen LogP contribution is 2.22. The smallest absolute Gasteiger partial charge is 0.251 e. The van der Waals surface area contributed by atoms with Gasteiger partial charge in [-0.15, -0.1) is 0 Å². The largest absolute Gasteiger partial charge is 0.373 e. The Morgan fingerprint density at radius 3 is 3.15 bits per heavy atom. The van der Waals surface area contributed by atoms with E-state index in [1.54, 1.807) is 0 Å². The number of benzene rings is 1. The normalized spacial score (nSPS) is 26.2. The number of carbonyl (C=O) groups excluding carboxylic acids is 1. The van der Waals surface area contributed by atoms with Gasteiger partial charge >= 0.3 is 0 Å². The summed E-state index contributed by atoms with van der Waals surface area (Å²) < 4.78 is 5.85. The van der Waals surface area contributed by atoms with E-state index in [9.17, 15) is 4.79 Å². The number of rotatable bonds is 3. The van der Waals surface area contributed by atoms with Crippen molar-refractivity contribution in [2.45, 2.75) is 31.9 Å². The summed E-state index contributed by atoms with van der Waals surface area (Å²) in [6.45, 7) is 5.48. The summed E-state index contributed by atoms with van der Waals surface area (Å²) in [4.78, 5) is 14.6. The molecule has 1 amide bonds. The van der Waals surface area contributed by atoms with Gasteiger partial charge in [0.1, 0.15) is 0 Å². The Hall–Kier alpha value is -1.39. The van der Waals surface area contributed by atoms with Crippen molar-refractivity contribution in [2.24, 2.45) is 0 Å². The Morgan fingerprint density at radius 2 is 2.30 bits per heavy atom. The Balaban J connectivity index is 1.52. The highest BCUT2D eigenvalue weighted by Gasteiger charge is 2.32. The van der Waals surface area contributed by atoms with Crippen LogP contribution in [0.5, 0.6) is 0 Å². The predicted octanol–water partition coefficient (Wildman–Crippen LogP) is 1.59. The quantitative estimate of drug-likeness (QED) is 0.910. The second-order valence-corrected chi connectivity index (χ2v) is 5.77. The van der Waals surface area contributed by atoms with Crippen LogP contribution in [0.3, 0.4) is 0 Å². The van der Waals surface area contributed by atoms with Crippen LogP contribution in [0, 0.1) is 6.92 Å². The fraction of sp³-hybridized carbons (Fsp3) is 0.562. The van der Waals surface area contributed by atoms with Crippen LogP contribution in [0.2, 0.25) is 0 Å². The van der Waals surface area contributed by atoms with Gasteiger partial charge in [0, 0.05) is 24.7 Å². The summed E-state index contributed by atoms with van der Waals surface area (Å²) in [5.41, 5.74) is 1.76. The molecule has 108 valence electrons. The van der Waals surface area contributed by atoms with Crippen molar-refractivity contribution in [3.8, 4) is 0 Å². The van der Waals surface area contributed by atoms with E-state index >= 15 is 0 Å². The van der Waals surface area contributed by atoms with Crippen molar-refractivity contribution in [2.75, 3.05) is 26.2 Å². The molecule has 0 radical (unpaired) electrons. The Labute approximate surface area is 120 Å². The number of morpholine rings is 1. The molecule has 0 aromatic heterocycles. The first-order chi connectivity index (χ1) is 9.74. The average Bonchev–Trinajstić information content (AvgIpc) is 2.92. The zero-order valence-electron chi connectivity index (χ0n) is 12.0. The fourth-order valence-corrected chi connectivity index (χ4v) is 3.14. The zero-order chi connectivity index (χ0) is 13.9. The average molecular weight is 274 g/mol. The molecule has 20 heavy (non-hydrogen) atoms. The van der Waals surface area contributed by atoms with Gasteiger partial charge in [0.15, 0.2) is 0 Å². The minimum Gasteiger partial charge on any atom is -0.373 e. The van der Waals surface area contributed by atoms with Gasteiger partial charge in [-0.05, 0) is 37.9 Å². The summed E-state index contributed by atoms with van der Waals surface area (Å²) in [6, 6.07) is 8.28. The van der Waals surface area contributed by atoms with Crippen LogP contribution in [0.1, 0.15) is 28.8 Å². The monoisotopic (exact) mass is 274 g/mol. The van der Waals surface area contributed by atoms with Gasteiger partial charge in [0.2, 0.25) is 0 Å². The number of fused-ring (bicyclic) bond motifs is 1. The second-order valence-electron chi connectivity index (χ2n) is 5.77. The Bertz CT molecular complexity index is 489. The van der Waals surface area contributed by atoms with E-state index < -0.39 is 0 Å². The van der Waals surface area contributed by atoms with Crippen LogP contribution >= 0.6 is 0 Å². The number of aryl methyl sites for hydroxylation is 1. The third kappa shape index (κ3) is 2.86. The van der Waals surface area contributed by atoms with Crippen molar-refractivity contribution in [1.29, 1.82) is 0 Å². The molecule has 1 aromatic carbocycles. The molecule has 0 saturated carbocycles. The number of amides is 1. The molecule has 2 heterocycles. The first kappa shape index (κ1) is 13.6. The first-order valence-electron chi connectivity index (χ1n) is 7.43. The van der Waals surface area contributed by atoms with E-state index in [1.165, 1.54) is 19.4 Å². The van der Waals surface area contributed by atoms with Crippen LogP contribution in [0.4, 0.5) is 0 Å². The second kappa shape index (κ2) is 5.94. The topological polar surface area (TPSA) is 41.6 Å². The van der Waals surface area contributed by atoms with Crippen LogP contribution in [-0.2, 0) is 4.74 Å². The van der Waals surface area contributed by atoms with Gasteiger partial charge in [-0.25, -0.2) is 0 Å². The number of hydrogen-bond donors (Lipinski definition) is 1. The maximum atomic E-state index is 12.2. The summed E-state index contributed by atoms with van der Waals surface area (Å²) in [7, 11) is 0. The molecule has 1 N–H and O–H groups in total. The van der Waals surface area contributed by atoms with Gasteiger partial charge in [0.05, 0.1) is 12.7 Å². The van der Waals surface area contributed by atoms with Gasteiger partial charge in [-0.1, -0.05) is 18.2 Å². The maximum absolute atomic E-state index is 12.2. The number of nitrogens with zero attached hydrogens (tertiary/aromatic N) is 1. The molecule has 1 aromatic rings. The van der Waals surface area contributed by atoms with Gasteiger partial charge in [-0.2, -0.15) is 0 Å². The van der Waals surface area contributed by atoms with E-state index in [4.69, 9.17) is 4.74 Å². The lowest BCUT2D eigenvalue weighted by molar-refractivity contribution is -0.0461. The van der Waals surface area contributed by atoms with Crippen molar-refractivity contribution in [1.82, 2.24) is 10.2 Å². The molecule has 0 bridgehead atoms. The van der Waals surface area contributed by atoms with Crippen LogP contribution < -0.4 is 5.32 Å². The molecule has 0 spiro atoms. The number of carbonyl (C=O) groups is 1. The predicted molar refractivity (Wildman–Crippen MR) is 77.8 cm³/mol. The van der Waals surface area contributed by atoms with Gasteiger partial charge in [0.25, 0.3) is 5.91 Å². The minimum atomic E-state index is -0.00440. The lowest BCUT2D eigenvalue weighted by Gasteiger charge is -2.35. The summed E-state index contributed by atoms with van der Waals surface area (Å²) in [5, 5.41) is 3.00. The Kier molecular flexibility index (Phi) is 4.03. The molecule has 2 saturated heterocycles. The molecule has 2 aliphatic rings. The van der Waals surface area contributed by atoms with Crippen LogP contribution in [0.25, 0.3) is 0 Å². The molecular formula is C16H22N2O2. The number of nitrogens with one attached hydrogen (secondary N) is 1. The summed E-state index contributed by atoms with van der Waals surface area (Å²) in [5.74, 6) is -0.00440.